The van der Waals surface area contributed by atoms with Gasteiger partial charge in [0.25, 0.3) is 5.90 Å². The molecule has 3 aliphatic rings. The number of hydrogen-bond acceptors (Lipinski definition) is 9. The molecule has 4 heterocycles. The van der Waals surface area contributed by atoms with E-state index in [9.17, 15) is 4.79 Å². The molecule has 33 heavy (non-hydrogen) atoms. The van der Waals surface area contributed by atoms with Crippen LogP contribution in [-0.2, 0) is 23.7 Å². The van der Waals surface area contributed by atoms with Gasteiger partial charge in [0, 0.05) is 19.0 Å². The molecular formula is C23H34N5O5+. The minimum Gasteiger partial charge on any atom is -0.466 e. The van der Waals surface area contributed by atoms with Crippen LogP contribution >= 0.6 is 0 Å². The minimum atomic E-state index is -0.712. The van der Waals surface area contributed by atoms with Gasteiger partial charge in [0.05, 0.1) is 12.8 Å². The Labute approximate surface area is 194 Å². The molecule has 0 amide bonds. The molecule has 3 unspecified atom stereocenters. The van der Waals surface area contributed by atoms with Gasteiger partial charge in [-0.05, 0) is 54.0 Å². The molecule has 10 nitrogen and oxygen atoms in total. The molecule has 0 radical (unpaired) electrons. The zero-order valence-corrected chi connectivity index (χ0v) is 20.1. The predicted molar refractivity (Wildman–Crippen MR) is 121 cm³/mol. The molecule has 180 valence electrons. The fourth-order valence-electron chi connectivity index (χ4n) is 4.41. The summed E-state index contributed by atoms with van der Waals surface area (Å²) < 4.78 is 25.8. The van der Waals surface area contributed by atoms with Gasteiger partial charge >= 0.3 is 11.8 Å². The van der Waals surface area contributed by atoms with Gasteiger partial charge in [-0.1, -0.05) is 4.98 Å². The van der Waals surface area contributed by atoms with E-state index in [1.165, 1.54) is 6.33 Å². The molecular weight excluding hydrogens is 426 g/mol. The van der Waals surface area contributed by atoms with E-state index >= 15 is 0 Å². The highest BCUT2D eigenvalue weighted by atomic mass is 16.8. The van der Waals surface area contributed by atoms with Crippen molar-refractivity contribution in [2.75, 3.05) is 19.7 Å². The molecule has 3 aliphatic heterocycles. The van der Waals surface area contributed by atoms with Gasteiger partial charge < -0.3 is 18.9 Å². The van der Waals surface area contributed by atoms with Crippen molar-refractivity contribution in [3.05, 3.63) is 12.5 Å². The van der Waals surface area contributed by atoms with Crippen LogP contribution in [-0.4, -0.2) is 87.5 Å². The minimum absolute atomic E-state index is 0.134. The number of ether oxygens (including phenoxy) is 4. The van der Waals surface area contributed by atoms with Crippen LogP contribution in [0.5, 0.6) is 0 Å². The Kier molecular flexibility index (Phi) is 7.06. The molecule has 4 rings (SSSR count). The molecule has 2 fully saturated rings. The Hall–Kier alpha value is -2.43. The fraction of sp³-hybridized carbons (Fsp3) is 0.696. The summed E-state index contributed by atoms with van der Waals surface area (Å²) in [6.07, 6.45) is 6.21. The van der Waals surface area contributed by atoms with E-state index in [1.54, 1.807) is 12.5 Å². The molecule has 0 N–H and O–H groups in total. The van der Waals surface area contributed by atoms with E-state index in [2.05, 4.69) is 33.7 Å². The SMILES string of the molecule is CCOC(=O)CCCCN(CC1OC(=[N+]2C=Nc3cncnc32)C2OC(C)(C)OC12)C(C)C. The van der Waals surface area contributed by atoms with Crippen LogP contribution in [0.2, 0.25) is 0 Å². The largest absolute Gasteiger partial charge is 0.466 e. The lowest BCUT2D eigenvalue weighted by atomic mass is 10.1. The van der Waals surface area contributed by atoms with Gasteiger partial charge in [-0.15, -0.1) is 4.99 Å². The highest BCUT2D eigenvalue weighted by Crippen LogP contribution is 2.39. The van der Waals surface area contributed by atoms with Gasteiger partial charge in [0.15, 0.2) is 18.2 Å². The number of nitrogens with zero attached hydrogens (tertiary/aromatic N) is 5. The Morgan fingerprint density at radius 1 is 1.30 bits per heavy atom. The summed E-state index contributed by atoms with van der Waals surface area (Å²) in [5.74, 6) is 0.469. The monoisotopic (exact) mass is 460 g/mol. The van der Waals surface area contributed by atoms with Crippen molar-refractivity contribution in [1.29, 1.82) is 0 Å². The number of unbranched alkanes of at least 4 members (excludes halogenated alkanes) is 1. The molecule has 0 aliphatic carbocycles. The highest BCUT2D eigenvalue weighted by molar-refractivity contribution is 5.86. The van der Waals surface area contributed by atoms with Crippen LogP contribution < -0.4 is 0 Å². The topological polar surface area (TPSA) is 98.4 Å². The van der Waals surface area contributed by atoms with Crippen molar-refractivity contribution in [1.82, 2.24) is 14.9 Å². The van der Waals surface area contributed by atoms with E-state index in [0.29, 0.717) is 43.0 Å². The van der Waals surface area contributed by atoms with Crippen molar-refractivity contribution in [2.45, 2.75) is 84.0 Å². The zero-order valence-electron chi connectivity index (χ0n) is 20.1. The Bertz CT molecular complexity index is 932. The van der Waals surface area contributed by atoms with Crippen molar-refractivity contribution in [3.8, 4) is 0 Å². The van der Waals surface area contributed by atoms with E-state index < -0.39 is 5.79 Å². The van der Waals surface area contributed by atoms with E-state index in [4.69, 9.17) is 18.9 Å². The third-order valence-electron chi connectivity index (χ3n) is 5.99. The fourth-order valence-corrected chi connectivity index (χ4v) is 4.41. The summed E-state index contributed by atoms with van der Waals surface area (Å²) in [5, 5.41) is 0. The second kappa shape index (κ2) is 9.82. The second-order valence-electron chi connectivity index (χ2n) is 9.21. The van der Waals surface area contributed by atoms with E-state index in [0.717, 1.165) is 19.4 Å². The Balaban J connectivity index is 1.47. The van der Waals surface area contributed by atoms with Crippen LogP contribution in [0.4, 0.5) is 11.5 Å². The highest BCUT2D eigenvalue weighted by Gasteiger charge is 2.57. The maximum absolute atomic E-state index is 11.6. The number of hydrogen-bond donors (Lipinski definition) is 0. The number of fused-ring (bicyclic) bond motifs is 2. The molecule has 0 aromatic carbocycles. The smallest absolute Gasteiger partial charge is 0.315 e. The molecule has 0 saturated carbocycles. The first-order valence-electron chi connectivity index (χ1n) is 11.7. The quantitative estimate of drug-likeness (QED) is 0.315. The lowest BCUT2D eigenvalue weighted by Gasteiger charge is -2.30. The molecule has 0 spiro atoms. The lowest BCUT2D eigenvalue weighted by molar-refractivity contribution is -0.317. The van der Waals surface area contributed by atoms with Crippen LogP contribution in [0.3, 0.4) is 0 Å². The van der Waals surface area contributed by atoms with Crippen LogP contribution in [0.15, 0.2) is 17.5 Å². The number of carbonyl (C=O) groups is 1. The second-order valence-corrected chi connectivity index (χ2v) is 9.21. The van der Waals surface area contributed by atoms with Crippen molar-refractivity contribution in [3.63, 3.8) is 0 Å². The summed E-state index contributed by atoms with van der Waals surface area (Å²) in [6, 6.07) is 0.316. The van der Waals surface area contributed by atoms with Crippen LogP contribution in [0.25, 0.3) is 0 Å². The van der Waals surface area contributed by atoms with Crippen molar-refractivity contribution >= 4 is 29.7 Å². The molecule has 3 atom stereocenters. The maximum atomic E-state index is 11.6. The van der Waals surface area contributed by atoms with E-state index in [-0.39, 0.29) is 24.3 Å². The maximum Gasteiger partial charge on any atom is 0.315 e. The first-order valence-corrected chi connectivity index (χ1v) is 11.7. The van der Waals surface area contributed by atoms with Gasteiger partial charge in [0.1, 0.15) is 12.2 Å². The number of esters is 1. The summed E-state index contributed by atoms with van der Waals surface area (Å²) >= 11 is 0. The third-order valence-corrected chi connectivity index (χ3v) is 5.99. The summed E-state index contributed by atoms with van der Waals surface area (Å²) in [7, 11) is 0. The van der Waals surface area contributed by atoms with Crippen LogP contribution in [0.1, 0.15) is 53.9 Å². The van der Waals surface area contributed by atoms with Gasteiger partial charge in [0.2, 0.25) is 12.0 Å². The Morgan fingerprint density at radius 2 is 2.12 bits per heavy atom. The molecule has 2 saturated heterocycles. The standard InChI is InChI=1S/C23H34N5O5/c1-6-30-18(29)9-7-8-10-27(15(2)3)12-17-19-20(33-23(4,5)32-19)22(31-17)28-14-26-16-11-24-13-25-21(16)28/h11,13-15,17,19-20H,6-10,12H2,1-5H3/q+1. The normalized spacial score (nSPS) is 27.2. The van der Waals surface area contributed by atoms with Gasteiger partial charge in [-0.25, -0.2) is 4.98 Å². The molecule has 1 aromatic rings. The lowest BCUT2D eigenvalue weighted by Crippen LogP contribution is -2.43. The van der Waals surface area contributed by atoms with E-state index in [1.807, 2.05) is 25.3 Å². The Morgan fingerprint density at radius 3 is 2.88 bits per heavy atom. The molecule has 1 aromatic heterocycles. The summed E-state index contributed by atoms with van der Waals surface area (Å²) in [5.41, 5.74) is 0.692. The van der Waals surface area contributed by atoms with Crippen molar-refractivity contribution in [2.24, 2.45) is 4.99 Å². The molecule has 10 heteroatoms. The first kappa shape index (κ1) is 23.7. The van der Waals surface area contributed by atoms with Crippen molar-refractivity contribution < 1.29 is 28.3 Å². The number of aliphatic imine (C=N–C) groups is 1. The summed E-state index contributed by atoms with van der Waals surface area (Å²) in [6.45, 7) is 12.0. The van der Waals surface area contributed by atoms with Gasteiger partial charge in [-0.3, -0.25) is 9.69 Å². The third kappa shape index (κ3) is 5.23. The number of rotatable bonds is 9. The molecule has 0 bridgehead atoms. The number of carbonyl (C=O) groups excluding carboxylic acids is 1. The predicted octanol–water partition coefficient (Wildman–Crippen LogP) is 2.56. The van der Waals surface area contributed by atoms with Gasteiger partial charge in [-0.2, -0.15) is 4.58 Å². The average molecular weight is 461 g/mol. The summed E-state index contributed by atoms with van der Waals surface area (Å²) in [4.78, 5) is 26.8. The van der Waals surface area contributed by atoms with Crippen LogP contribution in [0, 0.1) is 0 Å². The number of aromatic nitrogens is 2. The average Bonchev–Trinajstić information content (AvgIpc) is 3.41. The zero-order chi connectivity index (χ0) is 23.6. The first-order chi connectivity index (χ1) is 15.8.